The SMILES string of the molecule is CCc1nc(C2CSCCN2C)sc1CNC. The Bertz CT molecular complexity index is 365. The minimum absolute atomic E-state index is 0.523. The number of aryl methyl sites for hydroxylation is 1. The fourth-order valence-electron chi connectivity index (χ4n) is 2.07. The molecule has 3 nitrogen and oxygen atoms in total. The van der Waals surface area contributed by atoms with Crippen LogP contribution in [0.2, 0.25) is 0 Å². The number of rotatable bonds is 4. The van der Waals surface area contributed by atoms with Gasteiger partial charge >= 0.3 is 0 Å². The highest BCUT2D eigenvalue weighted by Crippen LogP contribution is 2.32. The quantitative estimate of drug-likeness (QED) is 0.908. The van der Waals surface area contributed by atoms with Crippen molar-refractivity contribution in [1.82, 2.24) is 15.2 Å². The lowest BCUT2D eigenvalue weighted by molar-refractivity contribution is 0.274. The number of hydrogen-bond acceptors (Lipinski definition) is 5. The molecule has 0 amide bonds. The predicted molar refractivity (Wildman–Crippen MR) is 77.0 cm³/mol. The van der Waals surface area contributed by atoms with Crippen LogP contribution in [0.1, 0.15) is 28.5 Å². The third-order valence-electron chi connectivity index (χ3n) is 3.15. The van der Waals surface area contributed by atoms with Crippen LogP contribution in [-0.2, 0) is 13.0 Å². The molecule has 0 spiro atoms. The molecular formula is C12H21N3S2. The minimum Gasteiger partial charge on any atom is -0.315 e. The summed E-state index contributed by atoms with van der Waals surface area (Å²) < 4.78 is 0. The zero-order valence-corrected chi connectivity index (χ0v) is 12.5. The van der Waals surface area contributed by atoms with Gasteiger partial charge in [0.1, 0.15) is 5.01 Å². The molecule has 1 fully saturated rings. The van der Waals surface area contributed by atoms with Crippen LogP contribution >= 0.6 is 23.1 Å². The molecule has 0 aliphatic carbocycles. The summed E-state index contributed by atoms with van der Waals surface area (Å²) in [4.78, 5) is 8.70. The van der Waals surface area contributed by atoms with Gasteiger partial charge in [0.05, 0.1) is 11.7 Å². The van der Waals surface area contributed by atoms with Crippen molar-refractivity contribution in [3.63, 3.8) is 0 Å². The van der Waals surface area contributed by atoms with Gasteiger partial charge in [0, 0.05) is 29.5 Å². The van der Waals surface area contributed by atoms with Gasteiger partial charge in [-0.15, -0.1) is 11.3 Å². The Labute approximate surface area is 112 Å². The second-order valence-electron chi connectivity index (χ2n) is 4.38. The molecule has 1 aromatic heterocycles. The van der Waals surface area contributed by atoms with Crippen molar-refractivity contribution in [2.24, 2.45) is 0 Å². The van der Waals surface area contributed by atoms with Crippen LogP contribution in [0.25, 0.3) is 0 Å². The summed E-state index contributed by atoms with van der Waals surface area (Å²) in [6.07, 6.45) is 1.04. The molecular weight excluding hydrogens is 250 g/mol. The maximum atomic E-state index is 4.84. The molecule has 17 heavy (non-hydrogen) atoms. The van der Waals surface area contributed by atoms with E-state index in [0.717, 1.165) is 13.0 Å². The molecule has 1 aliphatic rings. The van der Waals surface area contributed by atoms with Gasteiger partial charge in [-0.3, -0.25) is 4.90 Å². The molecule has 0 aromatic carbocycles. The molecule has 0 saturated carbocycles. The van der Waals surface area contributed by atoms with Crippen LogP contribution in [0.3, 0.4) is 0 Å². The van der Waals surface area contributed by atoms with E-state index in [1.54, 1.807) is 0 Å². The fraction of sp³-hybridized carbons (Fsp3) is 0.750. The molecule has 96 valence electrons. The predicted octanol–water partition coefficient (Wildman–Crippen LogP) is 2.14. The number of aromatic nitrogens is 1. The Morgan fingerprint density at radius 2 is 2.35 bits per heavy atom. The maximum Gasteiger partial charge on any atom is 0.111 e. The summed E-state index contributed by atoms with van der Waals surface area (Å²) in [6, 6.07) is 0.523. The third kappa shape index (κ3) is 3.02. The first kappa shape index (κ1) is 13.3. The van der Waals surface area contributed by atoms with E-state index in [4.69, 9.17) is 4.98 Å². The molecule has 0 bridgehead atoms. The van der Waals surface area contributed by atoms with E-state index in [0.29, 0.717) is 6.04 Å². The van der Waals surface area contributed by atoms with Crippen molar-refractivity contribution in [3.8, 4) is 0 Å². The monoisotopic (exact) mass is 271 g/mol. The second kappa shape index (κ2) is 6.18. The van der Waals surface area contributed by atoms with Gasteiger partial charge < -0.3 is 5.32 Å². The lowest BCUT2D eigenvalue weighted by atomic mass is 10.2. The smallest absolute Gasteiger partial charge is 0.111 e. The maximum absolute atomic E-state index is 4.84. The molecule has 2 heterocycles. The van der Waals surface area contributed by atoms with E-state index in [1.807, 2.05) is 30.1 Å². The Kier molecular flexibility index (Phi) is 4.85. The zero-order chi connectivity index (χ0) is 12.3. The summed E-state index contributed by atoms with van der Waals surface area (Å²) in [5.41, 5.74) is 1.28. The lowest BCUT2D eigenvalue weighted by Crippen LogP contribution is -2.32. The molecule has 1 aliphatic heterocycles. The van der Waals surface area contributed by atoms with Crippen molar-refractivity contribution in [1.29, 1.82) is 0 Å². The van der Waals surface area contributed by atoms with Crippen molar-refractivity contribution < 1.29 is 0 Å². The summed E-state index contributed by atoms with van der Waals surface area (Å²) >= 11 is 3.94. The number of thioether (sulfide) groups is 1. The van der Waals surface area contributed by atoms with Crippen molar-refractivity contribution >= 4 is 23.1 Å². The second-order valence-corrected chi connectivity index (χ2v) is 6.64. The summed E-state index contributed by atoms with van der Waals surface area (Å²) in [5, 5.41) is 4.55. The highest BCUT2D eigenvalue weighted by atomic mass is 32.2. The summed E-state index contributed by atoms with van der Waals surface area (Å²) in [6.45, 7) is 4.32. The Morgan fingerprint density at radius 1 is 1.53 bits per heavy atom. The molecule has 1 N–H and O–H groups in total. The molecule has 1 aromatic rings. The van der Waals surface area contributed by atoms with E-state index >= 15 is 0 Å². The van der Waals surface area contributed by atoms with Gasteiger partial charge in [0.25, 0.3) is 0 Å². The first-order chi connectivity index (χ1) is 8.26. The van der Waals surface area contributed by atoms with E-state index in [9.17, 15) is 0 Å². The third-order valence-corrected chi connectivity index (χ3v) is 5.37. The van der Waals surface area contributed by atoms with Gasteiger partial charge in [-0.05, 0) is 20.5 Å². The lowest BCUT2D eigenvalue weighted by Gasteiger charge is -2.30. The topological polar surface area (TPSA) is 28.2 Å². The summed E-state index contributed by atoms with van der Waals surface area (Å²) in [7, 11) is 4.22. The average molecular weight is 271 g/mol. The van der Waals surface area contributed by atoms with E-state index in [-0.39, 0.29) is 0 Å². The number of thiazole rings is 1. The van der Waals surface area contributed by atoms with E-state index in [1.165, 1.54) is 33.6 Å². The van der Waals surface area contributed by atoms with E-state index < -0.39 is 0 Å². The van der Waals surface area contributed by atoms with Gasteiger partial charge in [-0.2, -0.15) is 11.8 Å². The minimum atomic E-state index is 0.523. The highest BCUT2D eigenvalue weighted by molar-refractivity contribution is 7.99. The van der Waals surface area contributed by atoms with Crippen LogP contribution in [0.4, 0.5) is 0 Å². The molecule has 1 saturated heterocycles. The largest absolute Gasteiger partial charge is 0.315 e. The molecule has 0 radical (unpaired) electrons. The van der Waals surface area contributed by atoms with Gasteiger partial charge in [0.2, 0.25) is 0 Å². The standard InChI is InChI=1S/C12H21N3S2/c1-4-9-11(7-13-2)17-12(14-9)10-8-16-6-5-15(10)3/h10,13H,4-8H2,1-3H3. The molecule has 1 unspecified atom stereocenters. The number of hydrogen-bond donors (Lipinski definition) is 1. The van der Waals surface area contributed by atoms with Crippen molar-refractivity contribution in [2.45, 2.75) is 25.9 Å². The van der Waals surface area contributed by atoms with Crippen LogP contribution < -0.4 is 5.32 Å². The number of nitrogens with one attached hydrogen (secondary N) is 1. The zero-order valence-electron chi connectivity index (χ0n) is 10.8. The summed E-state index contributed by atoms with van der Waals surface area (Å²) in [5.74, 6) is 2.44. The molecule has 2 rings (SSSR count). The fourth-order valence-corrected chi connectivity index (χ4v) is 4.72. The normalized spacial score (nSPS) is 21.9. The first-order valence-corrected chi connectivity index (χ1v) is 8.14. The van der Waals surface area contributed by atoms with Crippen LogP contribution in [-0.4, -0.2) is 42.0 Å². The van der Waals surface area contributed by atoms with Crippen LogP contribution in [0.15, 0.2) is 0 Å². The molecule has 1 atom stereocenters. The molecule has 5 heteroatoms. The highest BCUT2D eigenvalue weighted by Gasteiger charge is 2.25. The average Bonchev–Trinajstić information content (AvgIpc) is 2.73. The Hall–Kier alpha value is -0.100. The van der Waals surface area contributed by atoms with Crippen LogP contribution in [0.5, 0.6) is 0 Å². The van der Waals surface area contributed by atoms with Gasteiger partial charge in [-0.1, -0.05) is 6.92 Å². The Balaban J connectivity index is 2.19. The first-order valence-electron chi connectivity index (χ1n) is 6.17. The Morgan fingerprint density at radius 3 is 3.00 bits per heavy atom. The van der Waals surface area contributed by atoms with E-state index in [2.05, 4.69) is 24.2 Å². The van der Waals surface area contributed by atoms with Gasteiger partial charge in [-0.25, -0.2) is 4.98 Å². The van der Waals surface area contributed by atoms with Crippen molar-refractivity contribution in [3.05, 3.63) is 15.6 Å². The van der Waals surface area contributed by atoms with Gasteiger partial charge in [0.15, 0.2) is 0 Å². The number of nitrogens with zero attached hydrogens (tertiary/aromatic N) is 2. The van der Waals surface area contributed by atoms with Crippen LogP contribution in [0, 0.1) is 0 Å². The van der Waals surface area contributed by atoms with Crippen molar-refractivity contribution in [2.75, 3.05) is 32.1 Å².